The second-order valence-corrected chi connectivity index (χ2v) is 17.5. The molecule has 2 aromatic rings. The van der Waals surface area contributed by atoms with E-state index in [0.29, 0.717) is 32.7 Å². The normalized spacial score (nSPS) is 15.7. The van der Waals surface area contributed by atoms with Crippen molar-refractivity contribution >= 4 is 63.9 Å². The number of alkyl halides is 1. The maximum absolute atomic E-state index is 14.4. The van der Waals surface area contributed by atoms with Crippen LogP contribution in [0.4, 0.5) is 0 Å². The summed E-state index contributed by atoms with van der Waals surface area (Å²) in [6.07, 6.45) is 5.70. The Morgan fingerprint density at radius 3 is 1.86 bits per heavy atom. The molecular weight excluding hydrogens is 921 g/mol. The highest BCUT2D eigenvalue weighted by Crippen LogP contribution is 2.23. The van der Waals surface area contributed by atoms with E-state index >= 15 is 0 Å². The molecular formula is C47H64IN5O10. The molecule has 1 fully saturated rings. The zero-order valence-electron chi connectivity index (χ0n) is 37.1. The van der Waals surface area contributed by atoms with Gasteiger partial charge in [0.15, 0.2) is 18.0 Å². The second-order valence-electron chi connectivity index (χ2n) is 16.7. The summed E-state index contributed by atoms with van der Waals surface area (Å²) < 4.78 is 15.9. The van der Waals surface area contributed by atoms with Crippen molar-refractivity contribution in [2.75, 3.05) is 43.9 Å². The SMILES string of the molecule is C#CCOC(=O)CCC(=O)O[C@](C)(CI)C(=O)[C@H](CC(C)C)NC(=O)[C@H](Cc1ccccc1)NC(=O)C(CC(C)C)NC(=O)[C@H](CCc1ccccc1)NC(=O)CN1CCOCC1. The van der Waals surface area contributed by atoms with Crippen LogP contribution in [0.1, 0.15) is 77.8 Å². The first-order chi connectivity index (χ1) is 30.0. The number of aryl methyl sites for hydroxylation is 1. The molecule has 5 atom stereocenters. The van der Waals surface area contributed by atoms with Crippen LogP contribution < -0.4 is 21.3 Å². The van der Waals surface area contributed by atoms with E-state index < -0.39 is 65.2 Å². The molecule has 1 aliphatic rings. The summed E-state index contributed by atoms with van der Waals surface area (Å²) in [7, 11) is 0. The first-order valence-corrected chi connectivity index (χ1v) is 23.1. The molecule has 63 heavy (non-hydrogen) atoms. The van der Waals surface area contributed by atoms with E-state index in [2.05, 4.69) is 27.2 Å². The van der Waals surface area contributed by atoms with E-state index in [1.807, 2.05) is 104 Å². The number of carbonyl (C=O) groups excluding carboxylic acids is 7. The predicted octanol–water partition coefficient (Wildman–Crippen LogP) is 3.49. The molecule has 0 spiro atoms. The number of halogens is 1. The predicted molar refractivity (Wildman–Crippen MR) is 246 cm³/mol. The molecule has 4 amide bonds. The number of Topliss-reactive ketones (excluding diaryl/α,β-unsaturated/α-hetero) is 1. The summed E-state index contributed by atoms with van der Waals surface area (Å²) in [5, 5.41) is 11.5. The van der Waals surface area contributed by atoms with Crippen molar-refractivity contribution in [1.29, 1.82) is 0 Å². The van der Waals surface area contributed by atoms with Crippen LogP contribution in [0.3, 0.4) is 0 Å². The number of terminal acetylenes is 1. The number of nitrogens with zero attached hydrogens (tertiary/aromatic N) is 1. The summed E-state index contributed by atoms with van der Waals surface area (Å²) in [6.45, 7) is 11.1. The molecule has 0 saturated carbocycles. The smallest absolute Gasteiger partial charge is 0.307 e. The third kappa shape index (κ3) is 19.2. The fourth-order valence-electron chi connectivity index (χ4n) is 6.92. The van der Waals surface area contributed by atoms with E-state index in [4.69, 9.17) is 20.6 Å². The Balaban J connectivity index is 1.85. The maximum atomic E-state index is 14.4. The maximum Gasteiger partial charge on any atom is 0.307 e. The Morgan fingerprint density at radius 1 is 0.746 bits per heavy atom. The topological polar surface area (TPSA) is 199 Å². The van der Waals surface area contributed by atoms with Crippen LogP contribution >= 0.6 is 22.6 Å². The van der Waals surface area contributed by atoms with Crippen molar-refractivity contribution < 1.29 is 47.8 Å². The molecule has 1 heterocycles. The van der Waals surface area contributed by atoms with Gasteiger partial charge in [-0.2, -0.15) is 0 Å². The van der Waals surface area contributed by atoms with E-state index in [-0.39, 0.29) is 73.8 Å². The number of hydrogen-bond acceptors (Lipinski definition) is 11. The number of ether oxygens (including phenoxy) is 3. The molecule has 0 aromatic heterocycles. The minimum absolute atomic E-state index is 0.0438. The van der Waals surface area contributed by atoms with Crippen molar-refractivity contribution in [3.05, 3.63) is 71.8 Å². The molecule has 0 bridgehead atoms. The van der Waals surface area contributed by atoms with E-state index in [1.54, 1.807) is 12.1 Å². The van der Waals surface area contributed by atoms with Crippen LogP contribution in [0.25, 0.3) is 0 Å². The third-order valence-electron chi connectivity index (χ3n) is 10.2. The van der Waals surface area contributed by atoms with Crippen molar-refractivity contribution in [3.8, 4) is 12.3 Å². The van der Waals surface area contributed by atoms with Gasteiger partial charge >= 0.3 is 11.9 Å². The molecule has 1 saturated heterocycles. The molecule has 15 nitrogen and oxygen atoms in total. The number of amides is 4. The van der Waals surface area contributed by atoms with Crippen LogP contribution in [-0.4, -0.2) is 120 Å². The third-order valence-corrected chi connectivity index (χ3v) is 11.7. The first-order valence-electron chi connectivity index (χ1n) is 21.5. The fourth-order valence-corrected chi connectivity index (χ4v) is 7.45. The Labute approximate surface area is 385 Å². The number of hydrogen-bond donors (Lipinski definition) is 4. The van der Waals surface area contributed by atoms with Gasteiger partial charge in [0, 0.05) is 23.9 Å². The van der Waals surface area contributed by atoms with Crippen LogP contribution in [0.5, 0.6) is 0 Å². The quantitative estimate of drug-likeness (QED) is 0.0466. The summed E-state index contributed by atoms with van der Waals surface area (Å²) in [5.41, 5.74) is 0.0332. The van der Waals surface area contributed by atoms with Crippen LogP contribution in [0.15, 0.2) is 60.7 Å². The second kappa shape index (κ2) is 27.4. The van der Waals surface area contributed by atoms with Gasteiger partial charge in [-0.15, -0.1) is 6.42 Å². The van der Waals surface area contributed by atoms with Gasteiger partial charge in [0.25, 0.3) is 0 Å². The largest absolute Gasteiger partial charge is 0.452 e. The van der Waals surface area contributed by atoms with Gasteiger partial charge in [-0.1, -0.05) is 117 Å². The average molecular weight is 986 g/mol. The van der Waals surface area contributed by atoms with Crippen molar-refractivity contribution in [2.45, 2.75) is 109 Å². The molecule has 16 heteroatoms. The fraction of sp³-hybridized carbons (Fsp3) is 0.553. The van der Waals surface area contributed by atoms with Crippen LogP contribution in [0, 0.1) is 24.2 Å². The molecule has 1 aliphatic heterocycles. The van der Waals surface area contributed by atoms with Crippen LogP contribution in [-0.2, 0) is 60.6 Å². The Bertz CT molecular complexity index is 1850. The monoisotopic (exact) mass is 985 g/mol. The van der Waals surface area contributed by atoms with Crippen molar-refractivity contribution in [3.63, 3.8) is 0 Å². The number of ketones is 1. The molecule has 1 unspecified atom stereocenters. The van der Waals surface area contributed by atoms with Gasteiger partial charge in [0.05, 0.1) is 38.6 Å². The molecule has 3 rings (SSSR count). The number of esters is 2. The van der Waals surface area contributed by atoms with E-state index in [9.17, 15) is 33.6 Å². The molecule has 4 N–H and O–H groups in total. The number of rotatable bonds is 26. The number of benzene rings is 2. The zero-order valence-corrected chi connectivity index (χ0v) is 39.3. The van der Waals surface area contributed by atoms with Gasteiger partial charge in [-0.3, -0.25) is 38.5 Å². The zero-order chi connectivity index (χ0) is 46.4. The average Bonchev–Trinajstić information content (AvgIpc) is 3.25. The van der Waals surface area contributed by atoms with Gasteiger partial charge in [0.1, 0.15) is 18.1 Å². The lowest BCUT2D eigenvalue weighted by atomic mass is 9.90. The minimum Gasteiger partial charge on any atom is -0.452 e. The minimum atomic E-state index is -1.67. The van der Waals surface area contributed by atoms with Crippen molar-refractivity contribution in [2.24, 2.45) is 11.8 Å². The first kappa shape index (κ1) is 52.5. The molecule has 2 aromatic carbocycles. The molecule has 0 radical (unpaired) electrons. The highest BCUT2D eigenvalue weighted by molar-refractivity contribution is 14.1. The highest BCUT2D eigenvalue weighted by Gasteiger charge is 2.42. The lowest BCUT2D eigenvalue weighted by molar-refractivity contribution is -0.165. The van der Waals surface area contributed by atoms with E-state index in [0.717, 1.165) is 11.1 Å². The van der Waals surface area contributed by atoms with Crippen LogP contribution in [0.2, 0.25) is 0 Å². The van der Waals surface area contributed by atoms with E-state index in [1.165, 1.54) is 6.92 Å². The summed E-state index contributed by atoms with van der Waals surface area (Å²) in [5.74, 6) is -2.16. The lowest BCUT2D eigenvalue weighted by Gasteiger charge is -2.32. The van der Waals surface area contributed by atoms with Gasteiger partial charge < -0.3 is 35.5 Å². The molecule has 0 aliphatic carbocycles. The van der Waals surface area contributed by atoms with Gasteiger partial charge in [-0.25, -0.2) is 0 Å². The summed E-state index contributed by atoms with van der Waals surface area (Å²) in [4.78, 5) is 97.1. The number of morpholine rings is 1. The van der Waals surface area contributed by atoms with Crippen molar-refractivity contribution in [1.82, 2.24) is 26.2 Å². The summed E-state index contributed by atoms with van der Waals surface area (Å²) >= 11 is 1.93. The number of carbonyl (C=O) groups is 7. The Kier molecular flexibility index (Phi) is 22.8. The highest BCUT2D eigenvalue weighted by atomic mass is 127. The Morgan fingerprint density at radius 2 is 1.27 bits per heavy atom. The Hall–Kier alpha value is -4.86. The number of nitrogens with one attached hydrogen (secondary N) is 4. The summed E-state index contributed by atoms with van der Waals surface area (Å²) in [6, 6.07) is 14.3. The standard InChI is InChI=1S/C47H64IN5O10/c1-7-24-62-41(55)20-21-42(56)63-47(6,31-48)43(57)37(27-32(2)3)50-46(60)39(29-35-16-12-9-13-17-35)52-45(59)38(28-33(4)5)51-44(58)36(19-18-34-14-10-8-11-15-34)49-40(54)30-53-22-25-61-26-23-53/h1,8-17,32-33,36-39H,18-31H2,2-6H3,(H,49,54)(H,50,60)(H,51,58)(H,52,59)/t36-,37-,38?,39-,47+/m0/s1. The lowest BCUT2D eigenvalue weighted by Crippen LogP contribution is -2.60. The van der Waals surface area contributed by atoms with Gasteiger partial charge in [-0.05, 0) is 55.6 Å². The molecule has 344 valence electrons. The van der Waals surface area contributed by atoms with Gasteiger partial charge in [0.2, 0.25) is 23.6 Å².